The molecule has 112 valence electrons. The summed E-state index contributed by atoms with van der Waals surface area (Å²) < 4.78 is 5.42. The molecule has 0 aliphatic heterocycles. The number of nitrogens with zero attached hydrogens (tertiary/aromatic N) is 1. The highest BCUT2D eigenvalue weighted by atomic mass is 16.6. The molecule has 1 aromatic carbocycles. The van der Waals surface area contributed by atoms with E-state index in [0.29, 0.717) is 25.3 Å². The van der Waals surface area contributed by atoms with Gasteiger partial charge in [-0.25, -0.2) is 0 Å². The highest BCUT2D eigenvalue weighted by Gasteiger charge is 2.21. The smallest absolute Gasteiger partial charge is 0.333 e. The number of rotatable bonds is 9. The third-order valence-corrected chi connectivity index (χ3v) is 2.91. The molecule has 1 atom stereocenters. The van der Waals surface area contributed by atoms with E-state index in [4.69, 9.17) is 9.84 Å². The fourth-order valence-corrected chi connectivity index (χ4v) is 1.79. The zero-order valence-electron chi connectivity index (χ0n) is 12.0. The topological polar surface area (TPSA) is 84.6 Å². The van der Waals surface area contributed by atoms with Crippen LogP contribution in [0.3, 0.4) is 0 Å². The minimum absolute atomic E-state index is 0.0304. The SMILES string of the molecule is CCCOc1cccc(NCC(C)CCO)c1[N+](=O)[O-]. The summed E-state index contributed by atoms with van der Waals surface area (Å²) in [4.78, 5) is 10.8. The van der Waals surface area contributed by atoms with Crippen LogP contribution in [0.1, 0.15) is 26.7 Å². The summed E-state index contributed by atoms with van der Waals surface area (Å²) in [6.45, 7) is 5.06. The fourth-order valence-electron chi connectivity index (χ4n) is 1.79. The lowest BCUT2D eigenvalue weighted by Gasteiger charge is -2.14. The third kappa shape index (κ3) is 4.70. The van der Waals surface area contributed by atoms with Gasteiger partial charge in [-0.1, -0.05) is 19.9 Å². The van der Waals surface area contributed by atoms with Crippen LogP contribution in [0.4, 0.5) is 11.4 Å². The number of nitrogens with one attached hydrogen (secondary N) is 1. The van der Waals surface area contributed by atoms with E-state index in [0.717, 1.165) is 6.42 Å². The second kappa shape index (κ2) is 8.37. The van der Waals surface area contributed by atoms with Crippen molar-refractivity contribution in [2.45, 2.75) is 26.7 Å². The van der Waals surface area contributed by atoms with Gasteiger partial charge in [0.2, 0.25) is 0 Å². The van der Waals surface area contributed by atoms with Gasteiger partial charge in [0, 0.05) is 13.2 Å². The second-order valence-corrected chi connectivity index (χ2v) is 4.76. The number of nitro benzene ring substituents is 1. The molecule has 0 amide bonds. The Morgan fingerprint density at radius 2 is 2.25 bits per heavy atom. The van der Waals surface area contributed by atoms with E-state index in [-0.39, 0.29) is 24.0 Å². The minimum atomic E-state index is -0.427. The Bertz CT molecular complexity index is 437. The number of benzene rings is 1. The van der Waals surface area contributed by atoms with Gasteiger partial charge in [0.05, 0.1) is 11.5 Å². The van der Waals surface area contributed by atoms with Crippen LogP contribution in [0, 0.1) is 16.0 Å². The molecule has 1 aromatic rings. The minimum Gasteiger partial charge on any atom is -0.487 e. The van der Waals surface area contributed by atoms with E-state index in [2.05, 4.69) is 5.32 Å². The summed E-state index contributed by atoms with van der Waals surface area (Å²) in [5.74, 6) is 0.525. The summed E-state index contributed by atoms with van der Waals surface area (Å²) in [6.07, 6.45) is 1.45. The monoisotopic (exact) mass is 282 g/mol. The quantitative estimate of drug-likeness (QED) is 0.537. The normalized spacial score (nSPS) is 11.9. The van der Waals surface area contributed by atoms with Crippen molar-refractivity contribution in [2.24, 2.45) is 5.92 Å². The van der Waals surface area contributed by atoms with Crippen LogP contribution in [-0.2, 0) is 0 Å². The average Bonchev–Trinajstić information content (AvgIpc) is 2.42. The van der Waals surface area contributed by atoms with Gasteiger partial charge >= 0.3 is 5.69 Å². The van der Waals surface area contributed by atoms with Gasteiger partial charge in [-0.3, -0.25) is 10.1 Å². The van der Waals surface area contributed by atoms with Gasteiger partial charge in [0.1, 0.15) is 5.69 Å². The van der Waals surface area contributed by atoms with Crippen molar-refractivity contribution in [1.29, 1.82) is 0 Å². The molecule has 0 fully saturated rings. The van der Waals surface area contributed by atoms with E-state index in [1.807, 2.05) is 13.8 Å². The number of hydrogen-bond donors (Lipinski definition) is 2. The van der Waals surface area contributed by atoms with Crippen molar-refractivity contribution in [3.05, 3.63) is 28.3 Å². The molecule has 0 bridgehead atoms. The van der Waals surface area contributed by atoms with E-state index >= 15 is 0 Å². The lowest BCUT2D eigenvalue weighted by molar-refractivity contribution is -0.385. The molecule has 1 unspecified atom stereocenters. The molecular formula is C14H22N2O4. The molecule has 0 spiro atoms. The molecule has 2 N–H and O–H groups in total. The van der Waals surface area contributed by atoms with E-state index < -0.39 is 4.92 Å². The van der Waals surface area contributed by atoms with Crippen molar-refractivity contribution in [3.63, 3.8) is 0 Å². The number of aliphatic hydroxyl groups is 1. The van der Waals surface area contributed by atoms with Crippen LogP contribution >= 0.6 is 0 Å². The Balaban J connectivity index is 2.86. The predicted molar refractivity (Wildman–Crippen MR) is 78.2 cm³/mol. The van der Waals surface area contributed by atoms with Crippen LogP contribution in [-0.4, -0.2) is 29.8 Å². The molecule has 1 rings (SSSR count). The molecule has 0 radical (unpaired) electrons. The molecule has 0 saturated heterocycles. The lowest BCUT2D eigenvalue weighted by Crippen LogP contribution is -2.14. The van der Waals surface area contributed by atoms with Crippen molar-refractivity contribution >= 4 is 11.4 Å². The first-order valence-electron chi connectivity index (χ1n) is 6.85. The highest BCUT2D eigenvalue weighted by molar-refractivity contribution is 5.68. The fraction of sp³-hybridized carbons (Fsp3) is 0.571. The largest absolute Gasteiger partial charge is 0.487 e. The summed E-state index contributed by atoms with van der Waals surface area (Å²) >= 11 is 0. The molecule has 0 aliphatic rings. The average molecular weight is 282 g/mol. The predicted octanol–water partition coefficient (Wildman–Crippen LogP) is 2.81. The second-order valence-electron chi connectivity index (χ2n) is 4.76. The van der Waals surface area contributed by atoms with Gasteiger partial charge < -0.3 is 15.2 Å². The van der Waals surface area contributed by atoms with Crippen molar-refractivity contribution in [2.75, 3.05) is 25.1 Å². The van der Waals surface area contributed by atoms with Gasteiger partial charge in [-0.05, 0) is 30.9 Å². The number of aliphatic hydroxyl groups excluding tert-OH is 1. The van der Waals surface area contributed by atoms with Gasteiger partial charge in [0.15, 0.2) is 5.75 Å². The summed E-state index contributed by atoms with van der Waals surface area (Å²) in [5, 5.41) is 23.1. The molecule has 20 heavy (non-hydrogen) atoms. The molecular weight excluding hydrogens is 260 g/mol. The maximum absolute atomic E-state index is 11.2. The van der Waals surface area contributed by atoms with E-state index in [1.54, 1.807) is 18.2 Å². The Kier molecular flexibility index (Phi) is 6.79. The lowest BCUT2D eigenvalue weighted by atomic mass is 10.1. The Morgan fingerprint density at radius 1 is 1.50 bits per heavy atom. The standard InChI is InChI=1S/C14H22N2O4/c1-3-9-20-13-6-4-5-12(14(13)16(18)19)15-10-11(2)7-8-17/h4-6,11,15,17H,3,7-10H2,1-2H3. The Labute approximate surface area is 118 Å². The molecule has 0 aliphatic carbocycles. The van der Waals surface area contributed by atoms with Crippen LogP contribution in [0.15, 0.2) is 18.2 Å². The number of anilines is 1. The molecule has 0 saturated carbocycles. The van der Waals surface area contributed by atoms with Crippen molar-refractivity contribution < 1.29 is 14.8 Å². The summed E-state index contributed by atoms with van der Waals surface area (Å²) in [7, 11) is 0. The highest BCUT2D eigenvalue weighted by Crippen LogP contribution is 2.34. The van der Waals surface area contributed by atoms with Crippen molar-refractivity contribution in [1.82, 2.24) is 0 Å². The Morgan fingerprint density at radius 3 is 2.85 bits per heavy atom. The van der Waals surface area contributed by atoms with Crippen molar-refractivity contribution in [3.8, 4) is 5.75 Å². The summed E-state index contributed by atoms with van der Waals surface area (Å²) in [6, 6.07) is 5.01. The zero-order chi connectivity index (χ0) is 15.0. The zero-order valence-corrected chi connectivity index (χ0v) is 12.0. The van der Waals surface area contributed by atoms with E-state index in [1.165, 1.54) is 0 Å². The van der Waals surface area contributed by atoms with Crippen LogP contribution < -0.4 is 10.1 Å². The molecule has 6 heteroatoms. The first kappa shape index (κ1) is 16.2. The Hall–Kier alpha value is -1.82. The first-order valence-corrected chi connectivity index (χ1v) is 6.85. The molecule has 0 aromatic heterocycles. The maximum atomic E-state index is 11.2. The first-order chi connectivity index (χ1) is 9.60. The van der Waals surface area contributed by atoms with E-state index in [9.17, 15) is 10.1 Å². The number of hydrogen-bond acceptors (Lipinski definition) is 5. The molecule has 6 nitrogen and oxygen atoms in total. The van der Waals surface area contributed by atoms with Crippen LogP contribution in [0.2, 0.25) is 0 Å². The third-order valence-electron chi connectivity index (χ3n) is 2.91. The van der Waals surface area contributed by atoms with Gasteiger partial charge in [0.25, 0.3) is 0 Å². The van der Waals surface area contributed by atoms with Crippen LogP contribution in [0.25, 0.3) is 0 Å². The van der Waals surface area contributed by atoms with Gasteiger partial charge in [-0.2, -0.15) is 0 Å². The van der Waals surface area contributed by atoms with Gasteiger partial charge in [-0.15, -0.1) is 0 Å². The summed E-state index contributed by atoms with van der Waals surface area (Å²) in [5.41, 5.74) is 0.422. The molecule has 0 heterocycles. The number of para-hydroxylation sites is 1. The van der Waals surface area contributed by atoms with Crippen LogP contribution in [0.5, 0.6) is 5.75 Å². The number of ether oxygens (including phenoxy) is 1. The maximum Gasteiger partial charge on any atom is 0.333 e. The number of nitro groups is 1.